The van der Waals surface area contributed by atoms with E-state index in [1.165, 1.54) is 6.26 Å². The van der Waals surface area contributed by atoms with E-state index in [-0.39, 0.29) is 17.9 Å². The summed E-state index contributed by atoms with van der Waals surface area (Å²) in [5, 5.41) is 3.30. The Morgan fingerprint density at radius 1 is 0.970 bits per heavy atom. The summed E-state index contributed by atoms with van der Waals surface area (Å²) in [7, 11) is 1.59. The number of rotatable bonds is 6. The lowest BCUT2D eigenvalue weighted by Gasteiger charge is -2.12. The molecule has 0 fully saturated rings. The van der Waals surface area contributed by atoms with Gasteiger partial charge in [-0.1, -0.05) is 18.2 Å². The van der Waals surface area contributed by atoms with E-state index in [1.807, 2.05) is 44.2 Å². The summed E-state index contributed by atoms with van der Waals surface area (Å²) in [5.41, 5.74) is 5.03. The van der Waals surface area contributed by atoms with Crippen molar-refractivity contribution >= 4 is 22.6 Å². The zero-order chi connectivity index (χ0) is 23.5. The molecule has 1 heterocycles. The van der Waals surface area contributed by atoms with Gasteiger partial charge in [0, 0.05) is 11.3 Å². The van der Waals surface area contributed by atoms with Crippen molar-refractivity contribution in [1.29, 1.82) is 0 Å². The van der Waals surface area contributed by atoms with Gasteiger partial charge in [0.2, 0.25) is 5.43 Å². The highest BCUT2D eigenvalue weighted by atomic mass is 16.5. The largest absolute Gasteiger partial charge is 0.497 e. The number of aryl methyl sites for hydroxylation is 3. The van der Waals surface area contributed by atoms with Crippen LogP contribution in [0.5, 0.6) is 11.5 Å². The van der Waals surface area contributed by atoms with Crippen LogP contribution in [0.15, 0.2) is 70.1 Å². The van der Waals surface area contributed by atoms with Gasteiger partial charge >= 0.3 is 0 Å². The number of carbonyl (C=O) groups excluding carboxylic acids is 1. The van der Waals surface area contributed by atoms with E-state index < -0.39 is 0 Å². The number of nitrogens with one attached hydrogen (secondary N) is 1. The summed E-state index contributed by atoms with van der Waals surface area (Å²) in [6.45, 7) is 5.60. The predicted molar refractivity (Wildman–Crippen MR) is 129 cm³/mol. The van der Waals surface area contributed by atoms with Gasteiger partial charge < -0.3 is 19.2 Å². The quantitative estimate of drug-likeness (QED) is 0.431. The third-order valence-corrected chi connectivity index (χ3v) is 5.41. The third kappa shape index (κ3) is 4.75. The highest BCUT2D eigenvalue weighted by Gasteiger charge is 2.15. The number of carbonyl (C=O) groups is 1. The second-order valence-corrected chi connectivity index (χ2v) is 7.99. The number of methoxy groups -OCH3 is 1. The Morgan fingerprint density at radius 3 is 2.33 bits per heavy atom. The topological polar surface area (TPSA) is 77.8 Å². The van der Waals surface area contributed by atoms with Crippen molar-refractivity contribution in [1.82, 2.24) is 0 Å². The van der Waals surface area contributed by atoms with Gasteiger partial charge in [-0.3, -0.25) is 9.59 Å². The fourth-order valence-corrected chi connectivity index (χ4v) is 3.83. The molecule has 4 rings (SSSR count). The molecule has 0 aliphatic heterocycles. The third-order valence-electron chi connectivity index (χ3n) is 5.41. The van der Waals surface area contributed by atoms with E-state index in [1.54, 1.807) is 38.3 Å². The molecule has 0 atom stereocenters. The minimum Gasteiger partial charge on any atom is -0.497 e. The molecule has 6 heteroatoms. The molecule has 3 aromatic carbocycles. The van der Waals surface area contributed by atoms with Crippen molar-refractivity contribution in [2.75, 3.05) is 19.0 Å². The predicted octanol–water partition coefficient (Wildman–Crippen LogP) is 5.41. The average Bonchev–Trinajstić information content (AvgIpc) is 2.78. The highest BCUT2D eigenvalue weighted by molar-refractivity contribution is 5.92. The van der Waals surface area contributed by atoms with Crippen molar-refractivity contribution in [3.8, 4) is 22.6 Å². The van der Waals surface area contributed by atoms with Crippen molar-refractivity contribution in [3.63, 3.8) is 0 Å². The molecule has 0 aliphatic carbocycles. The molecule has 0 saturated carbocycles. The van der Waals surface area contributed by atoms with Crippen molar-refractivity contribution in [3.05, 3.63) is 87.8 Å². The molecule has 0 spiro atoms. The Labute approximate surface area is 191 Å². The van der Waals surface area contributed by atoms with E-state index in [2.05, 4.69) is 5.32 Å². The minimum absolute atomic E-state index is 0.136. The summed E-state index contributed by atoms with van der Waals surface area (Å²) >= 11 is 0. The number of benzene rings is 3. The molecule has 1 amide bonds. The molecule has 168 valence electrons. The minimum atomic E-state index is -0.268. The monoisotopic (exact) mass is 443 g/mol. The van der Waals surface area contributed by atoms with Crippen LogP contribution in [0.25, 0.3) is 22.1 Å². The maximum absolute atomic E-state index is 13.1. The second kappa shape index (κ2) is 9.20. The first kappa shape index (κ1) is 22.1. The molecule has 33 heavy (non-hydrogen) atoms. The molecule has 6 nitrogen and oxygen atoms in total. The van der Waals surface area contributed by atoms with E-state index in [9.17, 15) is 9.59 Å². The van der Waals surface area contributed by atoms with Gasteiger partial charge in [-0.15, -0.1) is 0 Å². The first-order chi connectivity index (χ1) is 15.9. The lowest BCUT2D eigenvalue weighted by Crippen LogP contribution is -2.20. The lowest BCUT2D eigenvalue weighted by molar-refractivity contribution is -0.118. The summed E-state index contributed by atoms with van der Waals surface area (Å²) in [6.07, 6.45) is 1.45. The lowest BCUT2D eigenvalue weighted by atomic mass is 10.0. The molecule has 1 N–H and O–H groups in total. The Balaban J connectivity index is 1.54. The first-order valence-corrected chi connectivity index (χ1v) is 10.6. The fraction of sp³-hybridized carbons (Fsp3) is 0.185. The zero-order valence-electron chi connectivity index (χ0n) is 19.0. The standard InChI is InChI=1S/C27H25NO5/c1-16-11-17(2)13-20(12-16)28-25(29)15-32-24-10-9-22-26(30)23(14-33-27(22)18(24)3)19-5-7-21(31-4)8-6-19/h5-14H,15H2,1-4H3,(H,28,29). The van der Waals surface area contributed by atoms with Crippen LogP contribution in [-0.2, 0) is 4.79 Å². The van der Waals surface area contributed by atoms with E-state index in [0.717, 1.165) is 22.4 Å². The summed E-state index contributed by atoms with van der Waals surface area (Å²) in [5.74, 6) is 0.928. The zero-order valence-corrected chi connectivity index (χ0v) is 19.0. The van der Waals surface area contributed by atoms with Crippen LogP contribution in [0.4, 0.5) is 5.69 Å². The molecule has 0 aliphatic rings. The Bertz CT molecular complexity index is 1370. The van der Waals surface area contributed by atoms with Crippen LogP contribution in [0.1, 0.15) is 16.7 Å². The van der Waals surface area contributed by atoms with E-state index in [4.69, 9.17) is 13.9 Å². The Kier molecular flexibility index (Phi) is 6.18. The Morgan fingerprint density at radius 2 is 1.67 bits per heavy atom. The van der Waals surface area contributed by atoms with Crippen molar-refractivity contribution in [2.45, 2.75) is 20.8 Å². The van der Waals surface area contributed by atoms with Crippen LogP contribution in [0, 0.1) is 20.8 Å². The van der Waals surface area contributed by atoms with Crippen molar-refractivity contribution < 1.29 is 18.7 Å². The normalized spacial score (nSPS) is 10.8. The van der Waals surface area contributed by atoms with Crippen LogP contribution in [-0.4, -0.2) is 19.6 Å². The number of fused-ring (bicyclic) bond motifs is 1. The van der Waals surface area contributed by atoms with Crippen LogP contribution in [0.3, 0.4) is 0 Å². The summed E-state index contributed by atoms with van der Waals surface area (Å²) < 4.78 is 16.7. The first-order valence-electron chi connectivity index (χ1n) is 10.6. The van der Waals surface area contributed by atoms with Crippen LogP contribution < -0.4 is 20.2 Å². The molecular formula is C27H25NO5. The summed E-state index contributed by atoms with van der Waals surface area (Å²) in [6, 6.07) is 16.4. The highest BCUT2D eigenvalue weighted by Crippen LogP contribution is 2.28. The van der Waals surface area contributed by atoms with Gasteiger partial charge in [-0.05, 0) is 73.9 Å². The van der Waals surface area contributed by atoms with Gasteiger partial charge in [0.05, 0.1) is 18.1 Å². The molecule has 0 saturated heterocycles. The van der Waals surface area contributed by atoms with Gasteiger partial charge in [-0.25, -0.2) is 0 Å². The molecule has 0 radical (unpaired) electrons. The smallest absolute Gasteiger partial charge is 0.262 e. The van der Waals surface area contributed by atoms with Crippen LogP contribution >= 0.6 is 0 Å². The molecule has 4 aromatic rings. The van der Waals surface area contributed by atoms with Gasteiger partial charge in [0.25, 0.3) is 5.91 Å². The molecule has 0 unspecified atom stereocenters. The molecular weight excluding hydrogens is 418 g/mol. The number of hydrogen-bond donors (Lipinski definition) is 1. The average molecular weight is 443 g/mol. The fourth-order valence-electron chi connectivity index (χ4n) is 3.83. The van der Waals surface area contributed by atoms with Gasteiger partial charge in [-0.2, -0.15) is 0 Å². The Hall–Kier alpha value is -4.06. The van der Waals surface area contributed by atoms with Crippen LogP contribution in [0.2, 0.25) is 0 Å². The number of amides is 1. The molecule has 1 aromatic heterocycles. The number of ether oxygens (including phenoxy) is 2. The number of anilines is 1. The van der Waals surface area contributed by atoms with Crippen molar-refractivity contribution in [2.24, 2.45) is 0 Å². The molecule has 0 bridgehead atoms. The summed E-state index contributed by atoms with van der Waals surface area (Å²) in [4.78, 5) is 25.4. The maximum atomic E-state index is 13.1. The SMILES string of the molecule is COc1ccc(-c2coc3c(C)c(OCC(=O)Nc4cc(C)cc(C)c4)ccc3c2=O)cc1. The number of hydrogen-bond acceptors (Lipinski definition) is 5. The van der Waals surface area contributed by atoms with E-state index in [0.29, 0.717) is 33.6 Å². The maximum Gasteiger partial charge on any atom is 0.262 e. The van der Waals surface area contributed by atoms with Gasteiger partial charge in [0.15, 0.2) is 6.61 Å². The second-order valence-electron chi connectivity index (χ2n) is 7.99. The van der Waals surface area contributed by atoms with E-state index >= 15 is 0 Å². The van der Waals surface area contributed by atoms with Gasteiger partial charge in [0.1, 0.15) is 23.3 Å².